The van der Waals surface area contributed by atoms with Crippen molar-refractivity contribution in [2.75, 3.05) is 7.11 Å². The largest absolute Gasteiger partial charge is 0.497 e. The Balaban J connectivity index is 1.58. The number of nitrogens with one attached hydrogen (secondary N) is 1. The van der Waals surface area contributed by atoms with Gasteiger partial charge in [0.1, 0.15) is 11.0 Å². The molecule has 1 amide bonds. The molecular formula is C26H23ClN4O2S. The Bertz CT molecular complexity index is 1290. The fraction of sp³-hybridized carbons (Fsp3) is 0.192. The monoisotopic (exact) mass is 490 g/mol. The van der Waals surface area contributed by atoms with Crippen LogP contribution in [0.25, 0.3) is 17.1 Å². The summed E-state index contributed by atoms with van der Waals surface area (Å²) in [5, 5.41) is 13.0. The van der Waals surface area contributed by atoms with Gasteiger partial charge in [0.15, 0.2) is 11.0 Å². The Morgan fingerprint density at radius 3 is 2.53 bits per heavy atom. The number of amides is 1. The summed E-state index contributed by atoms with van der Waals surface area (Å²) in [4.78, 5) is 13.2. The first kappa shape index (κ1) is 22.5. The lowest BCUT2D eigenvalue weighted by molar-refractivity contribution is -0.120. The molecule has 0 radical (unpaired) electrons. The van der Waals surface area contributed by atoms with Crippen molar-refractivity contribution in [3.8, 4) is 22.8 Å². The fourth-order valence-electron chi connectivity index (χ4n) is 3.63. The lowest BCUT2D eigenvalue weighted by Crippen LogP contribution is -2.29. The molecule has 1 saturated carbocycles. The maximum Gasteiger partial charge on any atom is 0.238 e. The molecule has 1 aliphatic rings. The van der Waals surface area contributed by atoms with Gasteiger partial charge in [-0.15, -0.1) is 10.2 Å². The summed E-state index contributed by atoms with van der Waals surface area (Å²) in [6, 6.07) is 25.2. The van der Waals surface area contributed by atoms with Crippen LogP contribution >= 0.6 is 23.4 Å². The highest BCUT2D eigenvalue weighted by Gasteiger charge is 2.31. The first-order valence-electron chi connectivity index (χ1n) is 11.0. The van der Waals surface area contributed by atoms with Gasteiger partial charge in [-0.2, -0.15) is 0 Å². The van der Waals surface area contributed by atoms with Crippen LogP contribution < -0.4 is 10.1 Å². The van der Waals surface area contributed by atoms with Crippen LogP contribution in [-0.4, -0.2) is 33.8 Å². The molecule has 6 nitrogen and oxygen atoms in total. The van der Waals surface area contributed by atoms with Crippen LogP contribution in [0.5, 0.6) is 5.75 Å². The summed E-state index contributed by atoms with van der Waals surface area (Å²) in [7, 11) is 1.63. The number of hydrogen-bond acceptors (Lipinski definition) is 5. The van der Waals surface area contributed by atoms with Crippen LogP contribution in [0.1, 0.15) is 23.7 Å². The van der Waals surface area contributed by atoms with Crippen molar-refractivity contribution in [1.29, 1.82) is 0 Å². The number of hydrogen-bond donors (Lipinski definition) is 1. The van der Waals surface area contributed by atoms with Crippen LogP contribution in [0.4, 0.5) is 0 Å². The topological polar surface area (TPSA) is 69.0 Å². The van der Waals surface area contributed by atoms with Crippen molar-refractivity contribution < 1.29 is 9.53 Å². The summed E-state index contributed by atoms with van der Waals surface area (Å²) >= 11 is 7.54. The lowest BCUT2D eigenvalue weighted by atomic mass is 10.1. The van der Waals surface area contributed by atoms with Gasteiger partial charge in [-0.25, -0.2) is 0 Å². The Labute approximate surface area is 207 Å². The van der Waals surface area contributed by atoms with E-state index in [0.717, 1.165) is 35.4 Å². The average Bonchev–Trinajstić information content (AvgIpc) is 3.59. The number of methoxy groups -OCH3 is 1. The highest BCUT2D eigenvalue weighted by atomic mass is 35.5. The van der Waals surface area contributed by atoms with Crippen LogP contribution in [0.2, 0.25) is 5.02 Å². The first-order valence-corrected chi connectivity index (χ1v) is 12.3. The van der Waals surface area contributed by atoms with Gasteiger partial charge in [0.2, 0.25) is 5.91 Å². The molecular weight excluding hydrogens is 468 g/mol. The van der Waals surface area contributed by atoms with E-state index in [1.54, 1.807) is 7.11 Å². The standard InChI is InChI=1S/C26H23ClN4O2S/c1-33-22-9-5-8-18(16-22)24-29-30-26(31(24)21-14-10-19(27)11-15-21)34-23(17-6-3-2-4-7-17)25(32)28-20-12-13-20/h2-11,14-16,20,23H,12-13H2,1H3,(H,28,32). The zero-order valence-electron chi connectivity index (χ0n) is 18.5. The van der Waals surface area contributed by atoms with E-state index in [1.807, 2.05) is 83.4 Å². The van der Waals surface area contributed by atoms with Gasteiger partial charge in [0, 0.05) is 22.3 Å². The van der Waals surface area contributed by atoms with Gasteiger partial charge >= 0.3 is 0 Å². The van der Waals surface area contributed by atoms with Gasteiger partial charge in [-0.05, 0) is 54.8 Å². The molecule has 8 heteroatoms. The third kappa shape index (κ3) is 4.95. The van der Waals surface area contributed by atoms with Crippen molar-refractivity contribution in [2.24, 2.45) is 0 Å². The predicted molar refractivity (Wildman–Crippen MR) is 135 cm³/mol. The molecule has 0 spiro atoms. The molecule has 1 heterocycles. The van der Waals surface area contributed by atoms with Crippen molar-refractivity contribution >= 4 is 29.3 Å². The minimum atomic E-state index is -0.463. The number of aromatic nitrogens is 3. The Hall–Kier alpha value is -3.29. The predicted octanol–water partition coefficient (Wildman–Crippen LogP) is 5.71. The van der Waals surface area contributed by atoms with E-state index in [-0.39, 0.29) is 11.9 Å². The number of carbonyl (C=O) groups is 1. The SMILES string of the molecule is COc1cccc(-c2nnc(SC(C(=O)NC3CC3)c3ccccc3)n2-c2ccc(Cl)cc2)c1. The lowest BCUT2D eigenvalue weighted by Gasteiger charge is -2.17. The third-order valence-electron chi connectivity index (χ3n) is 5.53. The van der Waals surface area contributed by atoms with Crippen LogP contribution in [0, 0.1) is 0 Å². The van der Waals surface area contributed by atoms with E-state index >= 15 is 0 Å². The van der Waals surface area contributed by atoms with Gasteiger partial charge < -0.3 is 10.1 Å². The molecule has 1 unspecified atom stereocenters. The normalized spacial score (nSPS) is 13.9. The molecule has 3 aromatic carbocycles. The number of carbonyl (C=O) groups excluding carboxylic acids is 1. The Kier molecular flexibility index (Phi) is 6.56. The Morgan fingerprint density at radius 1 is 1.06 bits per heavy atom. The number of benzene rings is 3. The second-order valence-corrected chi connectivity index (χ2v) is 9.55. The zero-order chi connectivity index (χ0) is 23.5. The van der Waals surface area contributed by atoms with Crippen molar-refractivity contribution in [3.63, 3.8) is 0 Å². The first-order chi connectivity index (χ1) is 16.6. The van der Waals surface area contributed by atoms with E-state index in [2.05, 4.69) is 15.5 Å². The molecule has 4 aromatic rings. The summed E-state index contributed by atoms with van der Waals surface area (Å²) in [6.45, 7) is 0. The molecule has 172 valence electrons. The van der Waals surface area contributed by atoms with E-state index in [4.69, 9.17) is 16.3 Å². The van der Waals surface area contributed by atoms with Gasteiger partial charge in [0.05, 0.1) is 7.11 Å². The fourth-order valence-corrected chi connectivity index (χ4v) is 4.82. The quantitative estimate of drug-likeness (QED) is 0.320. The van der Waals surface area contributed by atoms with Crippen molar-refractivity contribution in [2.45, 2.75) is 29.3 Å². The number of nitrogens with zero attached hydrogens (tertiary/aromatic N) is 3. The minimum absolute atomic E-state index is 0.0210. The molecule has 5 rings (SSSR count). The maximum atomic E-state index is 13.2. The third-order valence-corrected chi connectivity index (χ3v) is 6.98. The Morgan fingerprint density at radius 2 is 1.82 bits per heavy atom. The molecule has 1 aliphatic carbocycles. The molecule has 0 aliphatic heterocycles. The highest BCUT2D eigenvalue weighted by molar-refractivity contribution is 8.00. The van der Waals surface area contributed by atoms with Gasteiger partial charge in [-0.3, -0.25) is 9.36 Å². The summed E-state index contributed by atoms with van der Waals surface area (Å²) < 4.78 is 7.36. The van der Waals surface area contributed by atoms with E-state index in [0.29, 0.717) is 16.0 Å². The molecule has 0 bridgehead atoms. The second-order valence-electron chi connectivity index (χ2n) is 8.04. The summed E-state index contributed by atoms with van der Waals surface area (Å²) in [6.07, 6.45) is 2.05. The van der Waals surface area contributed by atoms with E-state index in [9.17, 15) is 4.79 Å². The molecule has 34 heavy (non-hydrogen) atoms. The zero-order valence-corrected chi connectivity index (χ0v) is 20.1. The second kappa shape index (κ2) is 9.91. The highest BCUT2D eigenvalue weighted by Crippen LogP contribution is 2.38. The van der Waals surface area contributed by atoms with Crippen molar-refractivity contribution in [3.05, 3.63) is 89.4 Å². The summed E-state index contributed by atoms with van der Waals surface area (Å²) in [5.74, 6) is 1.36. The average molecular weight is 491 g/mol. The number of halogens is 1. The summed E-state index contributed by atoms with van der Waals surface area (Å²) in [5.41, 5.74) is 2.62. The van der Waals surface area contributed by atoms with E-state index < -0.39 is 5.25 Å². The van der Waals surface area contributed by atoms with Crippen molar-refractivity contribution in [1.82, 2.24) is 20.1 Å². The number of ether oxygens (including phenoxy) is 1. The van der Waals surface area contributed by atoms with Crippen LogP contribution in [-0.2, 0) is 4.79 Å². The molecule has 1 atom stereocenters. The van der Waals surface area contributed by atoms with E-state index in [1.165, 1.54) is 11.8 Å². The molecule has 1 aromatic heterocycles. The number of rotatable bonds is 8. The minimum Gasteiger partial charge on any atom is -0.497 e. The van der Waals surface area contributed by atoms with Gasteiger partial charge in [-0.1, -0.05) is 65.8 Å². The maximum absolute atomic E-state index is 13.2. The van der Waals surface area contributed by atoms with Crippen LogP contribution in [0.3, 0.4) is 0 Å². The number of thioether (sulfide) groups is 1. The molecule has 0 saturated heterocycles. The smallest absolute Gasteiger partial charge is 0.238 e. The molecule has 1 N–H and O–H groups in total. The van der Waals surface area contributed by atoms with Crippen LogP contribution in [0.15, 0.2) is 84.0 Å². The molecule has 1 fully saturated rings. The van der Waals surface area contributed by atoms with Gasteiger partial charge in [0.25, 0.3) is 0 Å².